The molecule has 2 amide bonds. The van der Waals surface area contributed by atoms with E-state index in [0.717, 1.165) is 17.6 Å². The number of hydrogen-bond acceptors (Lipinski definition) is 4. The van der Waals surface area contributed by atoms with E-state index in [4.69, 9.17) is 9.47 Å². The van der Waals surface area contributed by atoms with Gasteiger partial charge in [-0.05, 0) is 67.6 Å². The number of nitrogens with zero attached hydrogens (tertiary/aromatic N) is 2. The Morgan fingerprint density at radius 2 is 1.65 bits per heavy atom. The summed E-state index contributed by atoms with van der Waals surface area (Å²) < 4.78 is 90.4. The molecule has 1 unspecified atom stereocenters. The van der Waals surface area contributed by atoms with E-state index in [1.807, 2.05) is 0 Å². The lowest BCUT2D eigenvalue weighted by Crippen LogP contribution is -2.35. The molecule has 1 heterocycles. The van der Waals surface area contributed by atoms with Crippen LogP contribution in [-0.4, -0.2) is 37.3 Å². The van der Waals surface area contributed by atoms with Crippen LogP contribution in [0.2, 0.25) is 0 Å². The third-order valence-corrected chi connectivity index (χ3v) is 5.97. The molecule has 12 heteroatoms. The van der Waals surface area contributed by atoms with Crippen LogP contribution in [0, 0.1) is 6.92 Å². The Balaban J connectivity index is 2.11. The van der Waals surface area contributed by atoms with Gasteiger partial charge in [0.15, 0.2) is 0 Å². The lowest BCUT2D eigenvalue weighted by molar-refractivity contribution is -0.143. The average Bonchev–Trinajstić information content (AvgIpc) is 3.00. The Morgan fingerprint density at radius 1 is 1.03 bits per heavy atom. The number of carbonyl (C=O) groups is 2. The smallest absolute Gasteiger partial charge is 0.416 e. The highest BCUT2D eigenvalue weighted by atomic mass is 19.4. The molecular weight excluding hydrogens is 506 g/mol. The number of rotatable bonds is 4. The summed E-state index contributed by atoms with van der Waals surface area (Å²) in [5, 5.41) is 0. The maximum Gasteiger partial charge on any atom is 0.416 e. The van der Waals surface area contributed by atoms with Crippen molar-refractivity contribution in [2.45, 2.75) is 51.6 Å². The van der Waals surface area contributed by atoms with E-state index in [2.05, 4.69) is 0 Å². The summed E-state index contributed by atoms with van der Waals surface area (Å²) >= 11 is 0. The van der Waals surface area contributed by atoms with Crippen LogP contribution in [-0.2, 0) is 28.4 Å². The van der Waals surface area contributed by atoms with Crippen molar-refractivity contribution in [3.05, 3.63) is 64.2 Å². The number of methoxy groups -OCH3 is 1. The molecule has 37 heavy (non-hydrogen) atoms. The molecule has 2 aromatic carbocycles. The predicted molar refractivity (Wildman–Crippen MR) is 122 cm³/mol. The molecule has 1 atom stereocenters. The summed E-state index contributed by atoms with van der Waals surface area (Å²) in [6, 6.07) is 5.54. The van der Waals surface area contributed by atoms with Gasteiger partial charge in [-0.3, -0.25) is 9.80 Å². The van der Waals surface area contributed by atoms with Gasteiger partial charge in [0.05, 0.1) is 36.6 Å². The van der Waals surface area contributed by atoms with Crippen LogP contribution in [0.25, 0.3) is 0 Å². The molecule has 0 fully saturated rings. The van der Waals surface area contributed by atoms with Crippen LogP contribution >= 0.6 is 0 Å². The van der Waals surface area contributed by atoms with Crippen LogP contribution in [0.15, 0.2) is 36.4 Å². The highest BCUT2D eigenvalue weighted by molar-refractivity contribution is 5.89. The number of carbonyl (C=O) groups excluding carboxylic acids is 2. The first-order valence-electron chi connectivity index (χ1n) is 11.4. The molecule has 0 aliphatic carbocycles. The van der Waals surface area contributed by atoms with Gasteiger partial charge in [0, 0.05) is 13.1 Å². The summed E-state index contributed by atoms with van der Waals surface area (Å²) in [7, 11) is 1.07. The summed E-state index contributed by atoms with van der Waals surface area (Å²) in [6.07, 6.45) is -11.0. The quantitative estimate of drug-likeness (QED) is 0.394. The predicted octanol–water partition coefficient (Wildman–Crippen LogP) is 7.10. The first-order valence-corrected chi connectivity index (χ1v) is 11.4. The van der Waals surface area contributed by atoms with Crippen molar-refractivity contribution < 1.29 is 45.4 Å². The zero-order valence-electron chi connectivity index (χ0n) is 20.4. The number of amides is 2. The number of hydrogen-bond donors (Lipinski definition) is 0. The van der Waals surface area contributed by atoms with Gasteiger partial charge in [0.25, 0.3) is 0 Å². The van der Waals surface area contributed by atoms with Crippen molar-refractivity contribution in [2.24, 2.45) is 0 Å². The Hall–Kier alpha value is -3.44. The van der Waals surface area contributed by atoms with Crippen molar-refractivity contribution in [2.75, 3.05) is 25.2 Å². The minimum absolute atomic E-state index is 0.0347. The fourth-order valence-electron chi connectivity index (χ4n) is 4.33. The largest absolute Gasteiger partial charge is 0.453 e. The summed E-state index contributed by atoms with van der Waals surface area (Å²) in [5.41, 5.74) is -1.60. The van der Waals surface area contributed by atoms with E-state index >= 15 is 0 Å². The van der Waals surface area contributed by atoms with Crippen LogP contribution in [0.1, 0.15) is 53.6 Å². The number of alkyl halides is 6. The summed E-state index contributed by atoms with van der Waals surface area (Å²) in [5.74, 6) is 0. The zero-order chi connectivity index (χ0) is 27.5. The van der Waals surface area contributed by atoms with Gasteiger partial charge in [0.2, 0.25) is 0 Å². The molecule has 0 spiro atoms. The second kappa shape index (κ2) is 10.9. The molecule has 202 valence electrons. The molecule has 0 saturated heterocycles. The van der Waals surface area contributed by atoms with E-state index in [0.29, 0.717) is 29.8 Å². The van der Waals surface area contributed by atoms with Gasteiger partial charge in [-0.2, -0.15) is 26.3 Å². The minimum atomic E-state index is -5.03. The Kier molecular flexibility index (Phi) is 8.28. The maximum atomic E-state index is 13.4. The van der Waals surface area contributed by atoms with Gasteiger partial charge < -0.3 is 9.47 Å². The molecule has 0 aromatic heterocycles. The molecule has 0 bridgehead atoms. The standard InChI is InChI=1S/C25H26F6N2O4/c1-4-37-23(35)32-9-5-6-20(19-8-7-15(2)10-21(19)32)33(22(34)36-3)14-16-11-17(24(26,27)28)13-18(12-16)25(29,30)31/h7-8,10-13,20H,4-6,9,14H2,1-3H3. The van der Waals surface area contributed by atoms with E-state index in [-0.39, 0.29) is 31.2 Å². The van der Waals surface area contributed by atoms with Crippen LogP contribution in [0.5, 0.6) is 0 Å². The monoisotopic (exact) mass is 532 g/mol. The topological polar surface area (TPSA) is 59.1 Å². The molecule has 2 aromatic rings. The van der Waals surface area contributed by atoms with Crippen LogP contribution in [0.3, 0.4) is 0 Å². The SMILES string of the molecule is CCOC(=O)N1CCCC(N(Cc2cc(C(F)(F)F)cc(C(F)(F)F)c2)C(=O)OC)c2ccc(C)cc21. The van der Waals surface area contributed by atoms with Gasteiger partial charge in [-0.25, -0.2) is 9.59 Å². The molecule has 0 saturated carbocycles. The second-order valence-corrected chi connectivity index (χ2v) is 8.58. The fourth-order valence-corrected chi connectivity index (χ4v) is 4.33. The Labute approximate surface area is 209 Å². The second-order valence-electron chi connectivity index (χ2n) is 8.58. The number of halogens is 6. The zero-order valence-corrected chi connectivity index (χ0v) is 20.4. The average molecular weight is 532 g/mol. The van der Waals surface area contributed by atoms with Crippen molar-refractivity contribution in [3.8, 4) is 0 Å². The molecule has 0 N–H and O–H groups in total. The number of benzene rings is 2. The van der Waals surface area contributed by atoms with E-state index in [1.165, 1.54) is 4.90 Å². The number of ether oxygens (including phenoxy) is 2. The normalized spacial score (nSPS) is 16.0. The Bertz CT molecular complexity index is 1120. The molecule has 6 nitrogen and oxygen atoms in total. The fraction of sp³-hybridized carbons (Fsp3) is 0.440. The molecule has 3 rings (SSSR count). The lowest BCUT2D eigenvalue weighted by Gasteiger charge is -2.32. The number of anilines is 1. The van der Waals surface area contributed by atoms with Crippen molar-refractivity contribution >= 4 is 17.9 Å². The van der Waals surface area contributed by atoms with Crippen molar-refractivity contribution in [1.29, 1.82) is 0 Å². The van der Waals surface area contributed by atoms with E-state index in [9.17, 15) is 35.9 Å². The first-order chi connectivity index (χ1) is 17.3. The Morgan fingerprint density at radius 3 is 2.19 bits per heavy atom. The van der Waals surface area contributed by atoms with E-state index < -0.39 is 48.3 Å². The molecule has 1 aliphatic heterocycles. The summed E-state index contributed by atoms with van der Waals surface area (Å²) in [4.78, 5) is 28.0. The van der Waals surface area contributed by atoms with Crippen LogP contribution in [0.4, 0.5) is 41.6 Å². The van der Waals surface area contributed by atoms with Gasteiger partial charge in [-0.1, -0.05) is 12.1 Å². The molecular formula is C25H26F6N2O4. The first kappa shape index (κ1) is 28.1. The van der Waals surface area contributed by atoms with Crippen molar-refractivity contribution in [3.63, 3.8) is 0 Å². The lowest BCUT2D eigenvalue weighted by atomic mass is 9.97. The maximum absolute atomic E-state index is 13.4. The minimum Gasteiger partial charge on any atom is -0.453 e. The third-order valence-electron chi connectivity index (χ3n) is 5.97. The van der Waals surface area contributed by atoms with Crippen molar-refractivity contribution in [1.82, 2.24) is 4.90 Å². The third kappa shape index (κ3) is 6.47. The molecule has 1 aliphatic rings. The number of aryl methyl sites for hydroxylation is 1. The highest BCUT2D eigenvalue weighted by Gasteiger charge is 2.38. The van der Waals surface area contributed by atoms with Crippen LogP contribution < -0.4 is 4.90 Å². The molecule has 0 radical (unpaired) electrons. The van der Waals surface area contributed by atoms with Gasteiger partial charge in [0.1, 0.15) is 0 Å². The van der Waals surface area contributed by atoms with Gasteiger partial charge in [-0.15, -0.1) is 0 Å². The highest BCUT2D eigenvalue weighted by Crippen LogP contribution is 2.40. The van der Waals surface area contributed by atoms with E-state index in [1.54, 1.807) is 32.0 Å². The number of fused-ring (bicyclic) bond motifs is 1. The van der Waals surface area contributed by atoms with Gasteiger partial charge >= 0.3 is 24.5 Å². The summed E-state index contributed by atoms with van der Waals surface area (Å²) in [6.45, 7) is 3.23.